The van der Waals surface area contributed by atoms with Crippen molar-refractivity contribution >= 4 is 11.3 Å². The van der Waals surface area contributed by atoms with Crippen molar-refractivity contribution in [3.63, 3.8) is 0 Å². The molecule has 1 N–H and O–H groups in total. The van der Waals surface area contributed by atoms with Crippen LogP contribution in [0.3, 0.4) is 0 Å². The van der Waals surface area contributed by atoms with Gasteiger partial charge < -0.3 is 5.32 Å². The van der Waals surface area contributed by atoms with Crippen LogP contribution < -0.4 is 5.32 Å². The highest BCUT2D eigenvalue weighted by atomic mass is 32.1. The fourth-order valence-corrected chi connectivity index (χ4v) is 2.63. The maximum Gasteiger partial charge on any atom is 0.0305 e. The Morgan fingerprint density at radius 2 is 2.45 bits per heavy atom. The van der Waals surface area contributed by atoms with Crippen LogP contribution in [0.2, 0.25) is 0 Å². The van der Waals surface area contributed by atoms with Gasteiger partial charge in [0.15, 0.2) is 0 Å². The Hall–Kier alpha value is -0.340. The summed E-state index contributed by atoms with van der Waals surface area (Å²) in [4.78, 5) is 2.99. The van der Waals surface area contributed by atoms with Gasteiger partial charge in [-0.3, -0.25) is 0 Å². The van der Waals surface area contributed by atoms with Gasteiger partial charge in [-0.2, -0.15) is 0 Å². The van der Waals surface area contributed by atoms with Crippen LogP contribution in [0.25, 0.3) is 0 Å². The normalized spacial score (nSPS) is 23.3. The van der Waals surface area contributed by atoms with E-state index in [2.05, 4.69) is 25.2 Å². The summed E-state index contributed by atoms with van der Waals surface area (Å²) in [6.07, 6.45) is 1.21. The lowest BCUT2D eigenvalue weighted by Gasteiger charge is -2.19. The molecule has 1 aromatic heterocycles. The van der Waals surface area contributed by atoms with Gasteiger partial charge in [0, 0.05) is 22.3 Å². The molecule has 0 aliphatic carbocycles. The number of hydrogen-bond acceptors (Lipinski definition) is 2. The Morgan fingerprint density at radius 3 is 3.27 bits per heavy atom. The summed E-state index contributed by atoms with van der Waals surface area (Å²) in [6, 6.07) is 2.99. The van der Waals surface area contributed by atoms with Crippen molar-refractivity contribution in [2.24, 2.45) is 0 Å². The molecule has 2 heterocycles. The largest absolute Gasteiger partial charge is 0.309 e. The average Bonchev–Trinajstić information content (AvgIpc) is 2.27. The standard InChI is InChI=1S/C9H13NS/c1-6-3-8-4-7(2)11-9(8)5-10-6/h4,6,10H,3,5H2,1-2H3. The highest BCUT2D eigenvalue weighted by Gasteiger charge is 2.15. The summed E-state index contributed by atoms with van der Waals surface area (Å²) in [5.74, 6) is 0. The van der Waals surface area contributed by atoms with Crippen molar-refractivity contribution in [1.29, 1.82) is 0 Å². The maximum atomic E-state index is 3.46. The molecule has 1 nitrogen and oxygen atoms in total. The first-order valence-corrected chi connectivity index (χ1v) is 4.89. The second-order valence-electron chi connectivity index (χ2n) is 3.29. The third kappa shape index (κ3) is 1.33. The van der Waals surface area contributed by atoms with Crippen molar-refractivity contribution < 1.29 is 0 Å². The SMILES string of the molecule is Cc1cc2c(s1)CNC(C)C2. The predicted molar refractivity (Wildman–Crippen MR) is 49.1 cm³/mol. The van der Waals surface area contributed by atoms with Crippen LogP contribution in [0.5, 0.6) is 0 Å². The molecular weight excluding hydrogens is 154 g/mol. The van der Waals surface area contributed by atoms with Gasteiger partial charge in [0.2, 0.25) is 0 Å². The van der Waals surface area contributed by atoms with Gasteiger partial charge >= 0.3 is 0 Å². The zero-order chi connectivity index (χ0) is 7.84. The van der Waals surface area contributed by atoms with Crippen LogP contribution in [0.4, 0.5) is 0 Å². The number of fused-ring (bicyclic) bond motifs is 1. The minimum absolute atomic E-state index is 0.663. The van der Waals surface area contributed by atoms with E-state index in [0.717, 1.165) is 6.54 Å². The van der Waals surface area contributed by atoms with Crippen molar-refractivity contribution in [3.8, 4) is 0 Å². The van der Waals surface area contributed by atoms with Crippen LogP contribution in [0.1, 0.15) is 22.2 Å². The molecule has 0 aromatic carbocycles. The van der Waals surface area contributed by atoms with E-state index in [1.807, 2.05) is 11.3 Å². The van der Waals surface area contributed by atoms with E-state index in [1.54, 1.807) is 10.4 Å². The molecule has 0 saturated carbocycles. The van der Waals surface area contributed by atoms with Crippen molar-refractivity contribution in [2.75, 3.05) is 0 Å². The summed E-state index contributed by atoms with van der Waals surface area (Å²) in [6.45, 7) is 5.51. The van der Waals surface area contributed by atoms with E-state index in [9.17, 15) is 0 Å². The van der Waals surface area contributed by atoms with Gasteiger partial charge in [0.05, 0.1) is 0 Å². The predicted octanol–water partition coefficient (Wildman–Crippen LogP) is 2.09. The molecule has 0 fully saturated rings. The molecule has 11 heavy (non-hydrogen) atoms. The molecular formula is C9H13NS. The van der Waals surface area contributed by atoms with Gasteiger partial charge in [0.25, 0.3) is 0 Å². The first kappa shape index (κ1) is 7.32. The molecule has 60 valence electrons. The zero-order valence-electron chi connectivity index (χ0n) is 6.98. The van der Waals surface area contributed by atoms with Crippen LogP contribution >= 0.6 is 11.3 Å². The van der Waals surface area contributed by atoms with Gasteiger partial charge in [0.1, 0.15) is 0 Å². The molecule has 0 spiro atoms. The molecule has 2 rings (SSSR count). The fraction of sp³-hybridized carbons (Fsp3) is 0.556. The van der Waals surface area contributed by atoms with Crippen LogP contribution in [0.15, 0.2) is 6.07 Å². The lowest BCUT2D eigenvalue weighted by atomic mass is 10.0. The first-order chi connectivity index (χ1) is 5.25. The van der Waals surface area contributed by atoms with E-state index < -0.39 is 0 Å². The van der Waals surface area contributed by atoms with E-state index in [-0.39, 0.29) is 0 Å². The van der Waals surface area contributed by atoms with Gasteiger partial charge in [-0.05, 0) is 31.9 Å². The Balaban J connectivity index is 2.34. The molecule has 1 aliphatic rings. The third-order valence-corrected chi connectivity index (χ3v) is 3.25. The number of hydrogen-bond donors (Lipinski definition) is 1. The van der Waals surface area contributed by atoms with Gasteiger partial charge in [-0.1, -0.05) is 0 Å². The minimum atomic E-state index is 0.663. The van der Waals surface area contributed by atoms with Crippen LogP contribution in [0, 0.1) is 6.92 Å². The Kier molecular flexibility index (Phi) is 1.74. The summed E-state index contributed by atoms with van der Waals surface area (Å²) in [5.41, 5.74) is 1.57. The Bertz CT molecular complexity index is 265. The number of rotatable bonds is 0. The fourth-order valence-electron chi connectivity index (χ4n) is 1.61. The second kappa shape index (κ2) is 2.61. The topological polar surface area (TPSA) is 12.0 Å². The van der Waals surface area contributed by atoms with Crippen LogP contribution in [-0.4, -0.2) is 6.04 Å². The second-order valence-corrected chi connectivity index (χ2v) is 4.63. The lowest BCUT2D eigenvalue weighted by Crippen LogP contribution is -2.31. The molecule has 0 bridgehead atoms. The molecule has 1 unspecified atom stereocenters. The Morgan fingerprint density at radius 1 is 1.64 bits per heavy atom. The van der Waals surface area contributed by atoms with E-state index in [1.165, 1.54) is 11.3 Å². The molecule has 1 atom stereocenters. The molecule has 2 heteroatoms. The van der Waals surface area contributed by atoms with E-state index in [4.69, 9.17) is 0 Å². The van der Waals surface area contributed by atoms with Crippen LogP contribution in [-0.2, 0) is 13.0 Å². The monoisotopic (exact) mass is 167 g/mol. The zero-order valence-corrected chi connectivity index (χ0v) is 7.79. The smallest absolute Gasteiger partial charge is 0.0305 e. The molecule has 0 radical (unpaired) electrons. The highest BCUT2D eigenvalue weighted by Crippen LogP contribution is 2.25. The van der Waals surface area contributed by atoms with Crippen molar-refractivity contribution in [3.05, 3.63) is 21.4 Å². The number of thiophene rings is 1. The quantitative estimate of drug-likeness (QED) is 0.624. The average molecular weight is 167 g/mol. The van der Waals surface area contributed by atoms with Crippen molar-refractivity contribution in [1.82, 2.24) is 5.32 Å². The third-order valence-electron chi connectivity index (χ3n) is 2.16. The summed E-state index contributed by atoms with van der Waals surface area (Å²) < 4.78 is 0. The highest BCUT2D eigenvalue weighted by molar-refractivity contribution is 7.12. The van der Waals surface area contributed by atoms with E-state index in [0.29, 0.717) is 6.04 Å². The molecule has 1 aliphatic heterocycles. The first-order valence-electron chi connectivity index (χ1n) is 4.07. The van der Waals surface area contributed by atoms with Crippen molar-refractivity contribution in [2.45, 2.75) is 32.9 Å². The maximum absolute atomic E-state index is 3.46. The molecule has 0 saturated heterocycles. The number of aryl methyl sites for hydroxylation is 1. The van der Waals surface area contributed by atoms with Gasteiger partial charge in [-0.25, -0.2) is 0 Å². The van der Waals surface area contributed by atoms with Gasteiger partial charge in [-0.15, -0.1) is 11.3 Å². The van der Waals surface area contributed by atoms with E-state index >= 15 is 0 Å². The Labute approximate surface area is 71.4 Å². The molecule has 0 amide bonds. The minimum Gasteiger partial charge on any atom is -0.309 e. The summed E-state index contributed by atoms with van der Waals surface area (Å²) in [5, 5.41) is 3.46. The molecule has 1 aromatic rings. The summed E-state index contributed by atoms with van der Waals surface area (Å²) >= 11 is 1.93. The summed E-state index contributed by atoms with van der Waals surface area (Å²) in [7, 11) is 0. The number of nitrogens with one attached hydrogen (secondary N) is 1. The lowest BCUT2D eigenvalue weighted by molar-refractivity contribution is 0.520.